The molecular weight excluding hydrogens is 205 g/mol. The number of nitriles is 1. The van der Waals surface area contributed by atoms with Crippen molar-refractivity contribution < 1.29 is 9.18 Å². The summed E-state index contributed by atoms with van der Waals surface area (Å²) in [6, 6.07) is 5.93. The Morgan fingerprint density at radius 1 is 1.57 bits per heavy atom. The molecule has 2 nitrogen and oxygen atoms in total. The van der Waals surface area contributed by atoms with E-state index in [4.69, 9.17) is 16.9 Å². The summed E-state index contributed by atoms with van der Waals surface area (Å²) < 4.78 is 13.1. The molecule has 4 heteroatoms. The molecular formula is C10H7ClFNO. The Morgan fingerprint density at radius 3 is 2.86 bits per heavy atom. The van der Waals surface area contributed by atoms with Crippen LogP contribution in [0.4, 0.5) is 4.39 Å². The van der Waals surface area contributed by atoms with E-state index in [1.54, 1.807) is 6.07 Å². The minimum absolute atomic E-state index is 0.126. The van der Waals surface area contributed by atoms with Gasteiger partial charge in [0.05, 0.1) is 12.5 Å². The third kappa shape index (κ3) is 2.54. The maximum atomic E-state index is 13.1. The maximum Gasteiger partial charge on any atom is 0.151 e. The van der Waals surface area contributed by atoms with Gasteiger partial charge < -0.3 is 0 Å². The van der Waals surface area contributed by atoms with E-state index in [-0.39, 0.29) is 29.2 Å². The summed E-state index contributed by atoms with van der Waals surface area (Å²) >= 11 is 5.70. The average molecular weight is 212 g/mol. The smallest absolute Gasteiger partial charge is 0.151 e. The Morgan fingerprint density at radius 2 is 2.29 bits per heavy atom. The summed E-state index contributed by atoms with van der Waals surface area (Å²) in [5, 5.41) is 8.47. The van der Waals surface area contributed by atoms with Gasteiger partial charge in [-0.2, -0.15) is 5.26 Å². The van der Waals surface area contributed by atoms with E-state index in [1.807, 2.05) is 0 Å². The van der Waals surface area contributed by atoms with Crippen molar-refractivity contribution in [2.45, 2.75) is 12.8 Å². The lowest BCUT2D eigenvalue weighted by Gasteiger charge is -2.02. The van der Waals surface area contributed by atoms with E-state index < -0.39 is 5.82 Å². The zero-order valence-electron chi connectivity index (χ0n) is 7.26. The summed E-state index contributed by atoms with van der Waals surface area (Å²) in [5.74, 6) is -0.844. The standard InChI is InChI=1S/C10H7ClFNO/c11-9-2-1-3-10(12)8(9)6-7(14)4-5-13/h1-3H,4,6H2. The van der Waals surface area contributed by atoms with Crippen molar-refractivity contribution in [2.24, 2.45) is 0 Å². The highest BCUT2D eigenvalue weighted by Crippen LogP contribution is 2.19. The van der Waals surface area contributed by atoms with Crippen LogP contribution in [0.15, 0.2) is 18.2 Å². The molecule has 0 unspecified atom stereocenters. The molecule has 0 fully saturated rings. The molecule has 72 valence electrons. The van der Waals surface area contributed by atoms with Crippen molar-refractivity contribution in [3.8, 4) is 6.07 Å². The second-order valence-electron chi connectivity index (χ2n) is 2.75. The zero-order valence-corrected chi connectivity index (χ0v) is 8.01. The van der Waals surface area contributed by atoms with Crippen LogP contribution in [0.1, 0.15) is 12.0 Å². The van der Waals surface area contributed by atoms with E-state index in [0.717, 1.165) is 0 Å². The second kappa shape index (κ2) is 4.73. The summed E-state index contributed by atoms with van der Waals surface area (Å²) in [5.41, 5.74) is 0.161. The zero-order chi connectivity index (χ0) is 10.6. The number of nitrogens with zero attached hydrogens (tertiary/aromatic N) is 1. The molecule has 0 heterocycles. The number of rotatable bonds is 3. The number of carbonyl (C=O) groups excluding carboxylic acids is 1. The van der Waals surface area contributed by atoms with E-state index in [1.165, 1.54) is 18.2 Å². The summed E-state index contributed by atoms with van der Waals surface area (Å²) in [4.78, 5) is 11.1. The first-order valence-electron chi connectivity index (χ1n) is 3.96. The van der Waals surface area contributed by atoms with Crippen LogP contribution in [-0.2, 0) is 11.2 Å². The Balaban J connectivity index is 2.87. The third-order valence-electron chi connectivity index (χ3n) is 1.71. The predicted octanol–water partition coefficient (Wildman–Crippen LogP) is 2.50. The van der Waals surface area contributed by atoms with Crippen molar-refractivity contribution in [2.75, 3.05) is 0 Å². The van der Waals surface area contributed by atoms with Gasteiger partial charge in [0.1, 0.15) is 5.82 Å². The van der Waals surface area contributed by atoms with Crippen molar-refractivity contribution in [3.05, 3.63) is 34.6 Å². The van der Waals surface area contributed by atoms with Gasteiger partial charge in [0.25, 0.3) is 0 Å². The van der Waals surface area contributed by atoms with Crippen molar-refractivity contribution in [1.82, 2.24) is 0 Å². The third-order valence-corrected chi connectivity index (χ3v) is 2.07. The van der Waals surface area contributed by atoms with E-state index in [2.05, 4.69) is 0 Å². The highest BCUT2D eigenvalue weighted by Gasteiger charge is 2.11. The molecule has 0 saturated heterocycles. The Bertz CT molecular complexity index is 377. The van der Waals surface area contributed by atoms with Gasteiger partial charge >= 0.3 is 0 Å². The number of Topliss-reactive ketones (excluding diaryl/α,β-unsaturated/α-hetero) is 1. The molecule has 0 aromatic heterocycles. The van der Waals surface area contributed by atoms with Gasteiger partial charge in [-0.15, -0.1) is 0 Å². The normalized spacial score (nSPS) is 9.50. The monoisotopic (exact) mass is 211 g/mol. The van der Waals surface area contributed by atoms with Gasteiger partial charge in [-0.1, -0.05) is 17.7 Å². The first kappa shape index (κ1) is 10.7. The van der Waals surface area contributed by atoms with E-state index in [9.17, 15) is 9.18 Å². The molecule has 1 rings (SSSR count). The second-order valence-corrected chi connectivity index (χ2v) is 3.16. The van der Waals surface area contributed by atoms with Crippen LogP contribution >= 0.6 is 11.6 Å². The van der Waals surface area contributed by atoms with Gasteiger partial charge in [-0.25, -0.2) is 4.39 Å². The van der Waals surface area contributed by atoms with Crippen LogP contribution < -0.4 is 0 Å². The quantitative estimate of drug-likeness (QED) is 0.771. The van der Waals surface area contributed by atoms with Gasteiger partial charge in [-0.05, 0) is 12.1 Å². The molecule has 0 bridgehead atoms. The molecule has 1 aromatic carbocycles. The maximum absolute atomic E-state index is 13.1. The summed E-state index contributed by atoms with van der Waals surface area (Å²) in [6.07, 6.45) is -0.344. The van der Waals surface area contributed by atoms with E-state index >= 15 is 0 Å². The molecule has 0 aliphatic rings. The number of hydrogen-bond acceptors (Lipinski definition) is 2. The van der Waals surface area contributed by atoms with Gasteiger partial charge in [0.2, 0.25) is 0 Å². The van der Waals surface area contributed by atoms with Gasteiger partial charge in [0, 0.05) is 17.0 Å². The first-order chi connectivity index (χ1) is 6.65. The lowest BCUT2D eigenvalue weighted by atomic mass is 10.1. The minimum Gasteiger partial charge on any atom is -0.298 e. The molecule has 0 N–H and O–H groups in total. The molecule has 1 aromatic rings. The van der Waals surface area contributed by atoms with Gasteiger partial charge in [-0.3, -0.25) is 4.79 Å². The highest BCUT2D eigenvalue weighted by atomic mass is 35.5. The van der Waals surface area contributed by atoms with Gasteiger partial charge in [0.15, 0.2) is 5.78 Å². The van der Waals surface area contributed by atoms with Crippen LogP contribution in [0.2, 0.25) is 5.02 Å². The minimum atomic E-state index is -0.510. The fraction of sp³-hybridized carbons (Fsp3) is 0.200. The molecule has 0 spiro atoms. The molecule has 0 aliphatic carbocycles. The summed E-state index contributed by atoms with van der Waals surface area (Å²) in [7, 11) is 0. The SMILES string of the molecule is N#CCC(=O)Cc1c(F)cccc1Cl. The molecule has 0 saturated carbocycles. The fourth-order valence-electron chi connectivity index (χ4n) is 1.05. The Labute approximate surface area is 85.9 Å². The predicted molar refractivity (Wildman–Crippen MR) is 50.4 cm³/mol. The van der Waals surface area contributed by atoms with Crippen LogP contribution in [0.5, 0.6) is 0 Å². The number of benzene rings is 1. The lowest BCUT2D eigenvalue weighted by Crippen LogP contribution is -2.03. The number of ketones is 1. The average Bonchev–Trinajstić information content (AvgIpc) is 2.12. The first-order valence-corrected chi connectivity index (χ1v) is 4.34. The molecule has 0 amide bonds. The largest absolute Gasteiger partial charge is 0.298 e. The lowest BCUT2D eigenvalue weighted by molar-refractivity contribution is -0.117. The number of carbonyl (C=O) groups is 1. The number of hydrogen-bond donors (Lipinski definition) is 0. The molecule has 0 aliphatic heterocycles. The van der Waals surface area contributed by atoms with Crippen LogP contribution in [0.3, 0.4) is 0 Å². The molecule has 0 radical (unpaired) electrons. The van der Waals surface area contributed by atoms with Crippen molar-refractivity contribution in [1.29, 1.82) is 5.26 Å². The Kier molecular flexibility index (Phi) is 3.61. The summed E-state index contributed by atoms with van der Waals surface area (Å²) in [6.45, 7) is 0. The highest BCUT2D eigenvalue weighted by molar-refractivity contribution is 6.31. The van der Waals surface area contributed by atoms with Crippen LogP contribution in [-0.4, -0.2) is 5.78 Å². The Hall–Kier alpha value is -1.40. The molecule has 14 heavy (non-hydrogen) atoms. The fourth-order valence-corrected chi connectivity index (χ4v) is 1.28. The van der Waals surface area contributed by atoms with Crippen LogP contribution in [0.25, 0.3) is 0 Å². The van der Waals surface area contributed by atoms with Crippen molar-refractivity contribution >= 4 is 17.4 Å². The molecule has 0 atom stereocenters. The van der Waals surface area contributed by atoms with E-state index in [0.29, 0.717) is 0 Å². The van der Waals surface area contributed by atoms with Crippen molar-refractivity contribution in [3.63, 3.8) is 0 Å². The topological polar surface area (TPSA) is 40.9 Å². The van der Waals surface area contributed by atoms with Crippen LogP contribution in [0, 0.1) is 17.1 Å². The number of halogens is 2.